The minimum Gasteiger partial charge on any atom is -0.356 e. The molecule has 0 spiro atoms. The summed E-state index contributed by atoms with van der Waals surface area (Å²) in [5.74, 6) is 2.56. The number of anilines is 1. The lowest BCUT2D eigenvalue weighted by Gasteiger charge is -2.21. The molecule has 2 rings (SSSR count). The van der Waals surface area contributed by atoms with E-state index in [1.165, 1.54) is 6.42 Å². The second-order valence-corrected chi connectivity index (χ2v) is 5.81. The Morgan fingerprint density at radius 2 is 2.22 bits per heavy atom. The van der Waals surface area contributed by atoms with Crippen molar-refractivity contribution in [2.75, 3.05) is 18.0 Å². The zero-order valence-electron chi connectivity index (χ0n) is 11.5. The molecule has 1 atom stereocenters. The Kier molecular flexibility index (Phi) is 4.44. The van der Waals surface area contributed by atoms with E-state index >= 15 is 0 Å². The van der Waals surface area contributed by atoms with Crippen molar-refractivity contribution in [1.82, 2.24) is 9.97 Å². The normalized spacial score (nSPS) is 19.8. The molecule has 1 fully saturated rings. The van der Waals surface area contributed by atoms with Crippen LogP contribution in [0, 0.1) is 11.8 Å². The lowest BCUT2D eigenvalue weighted by molar-refractivity contribution is 0.422. The van der Waals surface area contributed by atoms with E-state index in [1.807, 2.05) is 0 Å². The molecular formula is C14H22ClN3. The molecule has 1 aromatic rings. The summed E-state index contributed by atoms with van der Waals surface area (Å²) in [7, 11) is 0. The average Bonchev–Trinajstić information content (AvgIpc) is 2.81. The molecular weight excluding hydrogens is 246 g/mol. The van der Waals surface area contributed by atoms with Crippen LogP contribution in [0.25, 0.3) is 0 Å². The Hall–Kier alpha value is -0.830. The highest BCUT2D eigenvalue weighted by molar-refractivity contribution is 6.30. The lowest BCUT2D eigenvalue weighted by atomic mass is 9.95. The van der Waals surface area contributed by atoms with Gasteiger partial charge in [-0.2, -0.15) is 0 Å². The van der Waals surface area contributed by atoms with Gasteiger partial charge in [-0.25, -0.2) is 9.97 Å². The van der Waals surface area contributed by atoms with Gasteiger partial charge in [-0.3, -0.25) is 0 Å². The van der Waals surface area contributed by atoms with Gasteiger partial charge in [0, 0.05) is 18.7 Å². The van der Waals surface area contributed by atoms with Gasteiger partial charge >= 0.3 is 0 Å². The molecule has 1 aliphatic rings. The summed E-state index contributed by atoms with van der Waals surface area (Å²) >= 11 is 6.21. The fourth-order valence-electron chi connectivity index (χ4n) is 2.64. The van der Waals surface area contributed by atoms with Crippen LogP contribution in [0.4, 0.5) is 5.82 Å². The van der Waals surface area contributed by atoms with Gasteiger partial charge in [0.2, 0.25) is 0 Å². The van der Waals surface area contributed by atoms with Crippen molar-refractivity contribution < 1.29 is 0 Å². The Morgan fingerprint density at radius 3 is 2.83 bits per heavy atom. The highest BCUT2D eigenvalue weighted by atomic mass is 35.5. The highest BCUT2D eigenvalue weighted by Gasteiger charge is 2.27. The van der Waals surface area contributed by atoms with Crippen molar-refractivity contribution in [3.05, 3.63) is 17.0 Å². The van der Waals surface area contributed by atoms with E-state index in [9.17, 15) is 0 Å². The van der Waals surface area contributed by atoms with Crippen molar-refractivity contribution in [2.24, 2.45) is 11.8 Å². The molecule has 18 heavy (non-hydrogen) atoms. The molecule has 100 valence electrons. The molecule has 0 radical (unpaired) electrons. The van der Waals surface area contributed by atoms with Crippen molar-refractivity contribution in [2.45, 2.75) is 40.0 Å². The van der Waals surface area contributed by atoms with E-state index in [0.29, 0.717) is 5.15 Å². The molecule has 3 nitrogen and oxygen atoms in total. The predicted molar refractivity (Wildman–Crippen MR) is 76.2 cm³/mol. The average molecular weight is 268 g/mol. The maximum atomic E-state index is 6.21. The van der Waals surface area contributed by atoms with Gasteiger partial charge in [-0.15, -0.1) is 0 Å². The quantitative estimate of drug-likeness (QED) is 0.781. The largest absolute Gasteiger partial charge is 0.356 e. The van der Waals surface area contributed by atoms with Crippen LogP contribution in [0.5, 0.6) is 0 Å². The number of nitrogens with zero attached hydrogens (tertiary/aromatic N) is 3. The molecule has 4 heteroatoms. The molecule has 1 unspecified atom stereocenters. The summed E-state index contributed by atoms with van der Waals surface area (Å²) < 4.78 is 0. The van der Waals surface area contributed by atoms with E-state index < -0.39 is 0 Å². The molecule has 0 amide bonds. The number of rotatable bonds is 4. The van der Waals surface area contributed by atoms with Crippen LogP contribution >= 0.6 is 11.6 Å². The van der Waals surface area contributed by atoms with Gasteiger partial charge in [0.05, 0.1) is 0 Å². The van der Waals surface area contributed by atoms with Crippen LogP contribution in [0.1, 0.15) is 39.2 Å². The molecule has 0 N–H and O–H groups in total. The Bertz CT molecular complexity index is 406. The molecule has 0 saturated carbocycles. The summed E-state index contributed by atoms with van der Waals surface area (Å²) in [6.45, 7) is 8.95. The van der Waals surface area contributed by atoms with Crippen molar-refractivity contribution in [1.29, 1.82) is 0 Å². The van der Waals surface area contributed by atoms with Crippen LogP contribution in [-0.4, -0.2) is 23.1 Å². The number of aromatic nitrogens is 2. The van der Waals surface area contributed by atoms with Gasteiger partial charge in [-0.05, 0) is 24.7 Å². The standard InChI is InChI=1S/C14H22ClN3/c1-4-5-12-13(15)16-9-17-14(12)18-7-6-11(8-18)10(2)3/h9-11H,4-8H2,1-3H3. The number of halogens is 1. The van der Waals surface area contributed by atoms with Crippen LogP contribution in [0.15, 0.2) is 6.33 Å². The van der Waals surface area contributed by atoms with E-state index in [1.54, 1.807) is 6.33 Å². The topological polar surface area (TPSA) is 29.0 Å². The third-order valence-corrected chi connectivity index (χ3v) is 4.16. The van der Waals surface area contributed by atoms with Crippen LogP contribution in [0.3, 0.4) is 0 Å². The summed E-state index contributed by atoms with van der Waals surface area (Å²) in [5.41, 5.74) is 1.12. The van der Waals surface area contributed by atoms with Crippen LogP contribution in [0.2, 0.25) is 5.15 Å². The molecule has 0 aliphatic carbocycles. The van der Waals surface area contributed by atoms with Gasteiger partial charge < -0.3 is 4.90 Å². The zero-order valence-corrected chi connectivity index (χ0v) is 12.2. The summed E-state index contributed by atoms with van der Waals surface area (Å²) in [6, 6.07) is 0. The second kappa shape index (κ2) is 5.87. The predicted octanol–water partition coefficient (Wildman–Crippen LogP) is 3.56. The van der Waals surface area contributed by atoms with E-state index in [-0.39, 0.29) is 0 Å². The van der Waals surface area contributed by atoms with Crippen molar-refractivity contribution in [3.8, 4) is 0 Å². The summed E-state index contributed by atoms with van der Waals surface area (Å²) in [6.07, 6.45) is 4.86. The van der Waals surface area contributed by atoms with E-state index in [0.717, 1.165) is 49.1 Å². The van der Waals surface area contributed by atoms with Gasteiger partial charge in [0.25, 0.3) is 0 Å². The molecule has 2 heterocycles. The summed E-state index contributed by atoms with van der Waals surface area (Å²) in [5, 5.41) is 0.620. The first-order valence-electron chi connectivity index (χ1n) is 6.87. The molecule has 1 aromatic heterocycles. The maximum absolute atomic E-state index is 6.21. The smallest absolute Gasteiger partial charge is 0.137 e. The van der Waals surface area contributed by atoms with Crippen LogP contribution < -0.4 is 4.90 Å². The molecule has 0 bridgehead atoms. The fourth-order valence-corrected chi connectivity index (χ4v) is 2.87. The second-order valence-electron chi connectivity index (χ2n) is 5.46. The zero-order chi connectivity index (χ0) is 13.1. The fraction of sp³-hybridized carbons (Fsp3) is 0.714. The first-order valence-corrected chi connectivity index (χ1v) is 7.25. The van der Waals surface area contributed by atoms with Crippen LogP contribution in [-0.2, 0) is 6.42 Å². The molecule has 0 aromatic carbocycles. The van der Waals surface area contributed by atoms with Gasteiger partial charge in [0.1, 0.15) is 17.3 Å². The minimum absolute atomic E-state index is 0.620. The first-order chi connectivity index (χ1) is 8.63. The SMILES string of the molecule is CCCc1c(Cl)ncnc1N1CCC(C(C)C)C1. The monoisotopic (exact) mass is 267 g/mol. The number of hydrogen-bond acceptors (Lipinski definition) is 3. The summed E-state index contributed by atoms with van der Waals surface area (Å²) in [4.78, 5) is 11.0. The third-order valence-electron chi connectivity index (χ3n) is 3.84. The Morgan fingerprint density at radius 1 is 1.44 bits per heavy atom. The molecule has 1 aliphatic heterocycles. The minimum atomic E-state index is 0.620. The maximum Gasteiger partial charge on any atom is 0.137 e. The Balaban J connectivity index is 2.21. The molecule has 1 saturated heterocycles. The first kappa shape index (κ1) is 13.6. The van der Waals surface area contributed by atoms with Crippen molar-refractivity contribution >= 4 is 17.4 Å². The third kappa shape index (κ3) is 2.77. The van der Waals surface area contributed by atoms with E-state index in [2.05, 4.69) is 35.6 Å². The van der Waals surface area contributed by atoms with Gasteiger partial charge in [-0.1, -0.05) is 38.8 Å². The Labute approximate surface area is 115 Å². The highest BCUT2D eigenvalue weighted by Crippen LogP contribution is 2.31. The van der Waals surface area contributed by atoms with Crippen molar-refractivity contribution in [3.63, 3.8) is 0 Å². The van der Waals surface area contributed by atoms with E-state index in [4.69, 9.17) is 11.6 Å². The lowest BCUT2D eigenvalue weighted by Crippen LogP contribution is -2.23. The number of hydrogen-bond donors (Lipinski definition) is 0. The van der Waals surface area contributed by atoms with Gasteiger partial charge in [0.15, 0.2) is 0 Å².